The van der Waals surface area contributed by atoms with Crippen LogP contribution < -0.4 is 0 Å². The van der Waals surface area contributed by atoms with Gasteiger partial charge >= 0.3 is 0 Å². The van der Waals surface area contributed by atoms with E-state index in [1.807, 2.05) is 20.8 Å². The van der Waals surface area contributed by atoms with Crippen LogP contribution in [0.3, 0.4) is 0 Å². The van der Waals surface area contributed by atoms with Gasteiger partial charge in [0.25, 0.3) is 0 Å². The molecule has 3 atom stereocenters. The van der Waals surface area contributed by atoms with Gasteiger partial charge in [0.05, 0.1) is 18.1 Å². The first-order valence-corrected chi connectivity index (χ1v) is 4.44. The van der Waals surface area contributed by atoms with Crippen LogP contribution in [0.25, 0.3) is 0 Å². The molecule has 0 spiro atoms. The summed E-state index contributed by atoms with van der Waals surface area (Å²) in [4.78, 5) is 0. The van der Waals surface area contributed by atoms with Gasteiger partial charge in [-0.05, 0) is 27.2 Å². The van der Waals surface area contributed by atoms with E-state index in [2.05, 4.69) is 0 Å². The van der Waals surface area contributed by atoms with Crippen LogP contribution in [-0.4, -0.2) is 23.9 Å². The van der Waals surface area contributed by atoms with Crippen molar-refractivity contribution in [1.82, 2.24) is 0 Å². The number of ether oxygens (including phenoxy) is 2. The van der Waals surface area contributed by atoms with E-state index in [1.54, 1.807) is 0 Å². The van der Waals surface area contributed by atoms with Gasteiger partial charge in [-0.15, -0.1) is 11.6 Å². The molecule has 66 valence electrons. The highest BCUT2D eigenvalue weighted by Crippen LogP contribution is 2.28. The number of hydrogen-bond donors (Lipinski definition) is 0. The first-order chi connectivity index (χ1) is 5.04. The molecule has 0 saturated carbocycles. The van der Waals surface area contributed by atoms with Crippen LogP contribution in [0, 0.1) is 0 Å². The zero-order valence-corrected chi connectivity index (χ0v) is 8.02. The van der Waals surface area contributed by atoms with Gasteiger partial charge in [-0.3, -0.25) is 0 Å². The highest BCUT2D eigenvalue weighted by molar-refractivity contribution is 6.21. The summed E-state index contributed by atoms with van der Waals surface area (Å²) in [5.74, 6) is -0.584. The van der Waals surface area contributed by atoms with Gasteiger partial charge < -0.3 is 9.47 Å². The lowest BCUT2D eigenvalue weighted by atomic mass is 10.2. The Balaban J connectivity index is 2.55. The van der Waals surface area contributed by atoms with Crippen molar-refractivity contribution in [2.75, 3.05) is 6.61 Å². The van der Waals surface area contributed by atoms with E-state index in [9.17, 15) is 0 Å². The van der Waals surface area contributed by atoms with Crippen LogP contribution in [0.15, 0.2) is 0 Å². The van der Waals surface area contributed by atoms with E-state index in [4.69, 9.17) is 21.1 Å². The molecule has 1 rings (SSSR count). The minimum absolute atomic E-state index is 0.106. The molecule has 1 aliphatic heterocycles. The minimum atomic E-state index is -0.584. The minimum Gasteiger partial charge on any atom is -0.349 e. The summed E-state index contributed by atoms with van der Waals surface area (Å²) in [5.41, 5.74) is 0. The highest BCUT2D eigenvalue weighted by Gasteiger charge is 2.36. The number of alkyl halides is 1. The molecule has 0 aromatic carbocycles. The maximum absolute atomic E-state index is 5.91. The van der Waals surface area contributed by atoms with E-state index in [0.717, 1.165) is 13.0 Å². The Morgan fingerprint density at radius 2 is 2.27 bits per heavy atom. The summed E-state index contributed by atoms with van der Waals surface area (Å²) in [6.07, 6.45) is 1.22. The Morgan fingerprint density at radius 3 is 2.64 bits per heavy atom. The van der Waals surface area contributed by atoms with Crippen LogP contribution in [0.5, 0.6) is 0 Å². The summed E-state index contributed by atoms with van der Waals surface area (Å²) in [7, 11) is 0. The largest absolute Gasteiger partial charge is 0.349 e. The molecule has 1 fully saturated rings. The van der Waals surface area contributed by atoms with Gasteiger partial charge in [-0.1, -0.05) is 0 Å². The highest BCUT2D eigenvalue weighted by atomic mass is 35.5. The van der Waals surface area contributed by atoms with Gasteiger partial charge in [-0.25, -0.2) is 0 Å². The third kappa shape index (κ3) is 2.08. The van der Waals surface area contributed by atoms with Gasteiger partial charge in [0, 0.05) is 0 Å². The van der Waals surface area contributed by atoms with Crippen molar-refractivity contribution in [2.24, 2.45) is 0 Å². The van der Waals surface area contributed by atoms with Crippen molar-refractivity contribution in [2.45, 2.75) is 44.5 Å². The fraction of sp³-hybridized carbons (Fsp3) is 1.00. The molecule has 0 aromatic heterocycles. The monoisotopic (exact) mass is 178 g/mol. The molecule has 2 nitrogen and oxygen atoms in total. The summed E-state index contributed by atoms with van der Waals surface area (Å²) in [6, 6.07) is 0. The number of hydrogen-bond acceptors (Lipinski definition) is 2. The van der Waals surface area contributed by atoms with Crippen molar-refractivity contribution in [3.63, 3.8) is 0 Å². The molecular weight excluding hydrogens is 164 g/mol. The summed E-state index contributed by atoms with van der Waals surface area (Å²) < 4.78 is 11.0. The van der Waals surface area contributed by atoms with Crippen molar-refractivity contribution >= 4 is 11.6 Å². The van der Waals surface area contributed by atoms with Crippen LogP contribution >= 0.6 is 11.6 Å². The van der Waals surface area contributed by atoms with Gasteiger partial charge in [-0.2, -0.15) is 0 Å². The molecule has 3 heteroatoms. The normalized spacial score (nSPS) is 42.0. The smallest absolute Gasteiger partial charge is 0.181 e. The van der Waals surface area contributed by atoms with Crippen LogP contribution in [0.4, 0.5) is 0 Å². The first-order valence-electron chi connectivity index (χ1n) is 4.00. The summed E-state index contributed by atoms with van der Waals surface area (Å²) in [5, 5.41) is -0.106. The third-order valence-electron chi connectivity index (χ3n) is 2.07. The van der Waals surface area contributed by atoms with Crippen LogP contribution in [0.2, 0.25) is 0 Å². The second kappa shape index (κ2) is 3.30. The van der Waals surface area contributed by atoms with Gasteiger partial charge in [0.2, 0.25) is 0 Å². The molecule has 0 aromatic rings. The summed E-state index contributed by atoms with van der Waals surface area (Å²) >= 11 is 5.91. The Labute approximate surface area is 72.8 Å². The Kier molecular flexibility index (Phi) is 2.79. The number of halogens is 1. The van der Waals surface area contributed by atoms with E-state index in [1.165, 1.54) is 0 Å². The van der Waals surface area contributed by atoms with Crippen molar-refractivity contribution < 1.29 is 9.47 Å². The average Bonchev–Trinajstić information content (AvgIpc) is 1.86. The van der Waals surface area contributed by atoms with Crippen molar-refractivity contribution in [3.8, 4) is 0 Å². The fourth-order valence-corrected chi connectivity index (χ4v) is 1.24. The first kappa shape index (κ1) is 9.30. The molecule has 0 aliphatic carbocycles. The predicted octanol–water partition coefficient (Wildman–Crippen LogP) is 2.16. The summed E-state index contributed by atoms with van der Waals surface area (Å²) in [6.45, 7) is 6.56. The van der Waals surface area contributed by atoms with E-state index >= 15 is 0 Å². The Bertz CT molecular complexity index is 138. The zero-order chi connectivity index (χ0) is 8.48. The lowest BCUT2D eigenvalue weighted by Gasteiger charge is -2.39. The fourth-order valence-electron chi connectivity index (χ4n) is 1.13. The standard InChI is InChI=1S/C8H15ClO2/c1-6-4-5-10-8(3,11-6)7(2)9/h6-7H,4-5H2,1-3H3. The molecule has 0 radical (unpaired) electrons. The molecule has 11 heavy (non-hydrogen) atoms. The van der Waals surface area contributed by atoms with Crippen molar-refractivity contribution in [3.05, 3.63) is 0 Å². The topological polar surface area (TPSA) is 18.5 Å². The third-order valence-corrected chi connectivity index (χ3v) is 2.47. The number of rotatable bonds is 1. The second-order valence-corrected chi connectivity index (χ2v) is 3.85. The molecule has 0 N–H and O–H groups in total. The lowest BCUT2D eigenvalue weighted by Crippen LogP contribution is -2.46. The maximum Gasteiger partial charge on any atom is 0.181 e. The molecule has 0 amide bonds. The quantitative estimate of drug-likeness (QED) is 0.573. The van der Waals surface area contributed by atoms with Crippen LogP contribution in [-0.2, 0) is 9.47 Å². The predicted molar refractivity (Wildman–Crippen MR) is 44.8 cm³/mol. The van der Waals surface area contributed by atoms with E-state index in [-0.39, 0.29) is 11.5 Å². The molecule has 1 aliphatic rings. The van der Waals surface area contributed by atoms with Gasteiger partial charge in [0.15, 0.2) is 5.79 Å². The molecule has 1 heterocycles. The Hall–Kier alpha value is 0.210. The SMILES string of the molecule is CC1CCOC(C)(C(C)Cl)O1. The van der Waals surface area contributed by atoms with Crippen molar-refractivity contribution in [1.29, 1.82) is 0 Å². The lowest BCUT2D eigenvalue weighted by molar-refractivity contribution is -0.278. The zero-order valence-electron chi connectivity index (χ0n) is 7.26. The van der Waals surface area contributed by atoms with E-state index in [0.29, 0.717) is 0 Å². The van der Waals surface area contributed by atoms with Crippen LogP contribution in [0.1, 0.15) is 27.2 Å². The Morgan fingerprint density at radius 1 is 1.64 bits per heavy atom. The van der Waals surface area contributed by atoms with E-state index < -0.39 is 5.79 Å². The molecule has 3 unspecified atom stereocenters. The molecule has 1 saturated heterocycles. The average molecular weight is 179 g/mol. The van der Waals surface area contributed by atoms with Gasteiger partial charge in [0.1, 0.15) is 0 Å². The maximum atomic E-state index is 5.91. The molecule has 0 bridgehead atoms. The second-order valence-electron chi connectivity index (χ2n) is 3.20. The molecular formula is C8H15ClO2.